The summed E-state index contributed by atoms with van der Waals surface area (Å²) in [6.45, 7) is 15.8. The summed E-state index contributed by atoms with van der Waals surface area (Å²) in [5.41, 5.74) is 0.0703. The van der Waals surface area contributed by atoms with Crippen LogP contribution in [0.15, 0.2) is 58.5 Å². The number of Topliss-reactive ketones (excluding diaryl/α,β-unsaturated/α-hetero) is 1. The van der Waals surface area contributed by atoms with Gasteiger partial charge in [-0.2, -0.15) is 5.26 Å². The van der Waals surface area contributed by atoms with Gasteiger partial charge in [-0.3, -0.25) is 14.3 Å². The van der Waals surface area contributed by atoms with Gasteiger partial charge in [-0.15, -0.1) is 0 Å². The molecule has 0 bridgehead atoms. The summed E-state index contributed by atoms with van der Waals surface area (Å²) in [7, 11) is 0. The Kier molecular flexibility index (Phi) is 6.47. The molecule has 1 N–H and O–H groups in total. The molecule has 0 aromatic heterocycles. The normalized spacial score (nSPS) is 42.4. The minimum atomic E-state index is -0.634. The molecular formula is C36H46N2O2S. The second kappa shape index (κ2) is 9.17. The van der Waals surface area contributed by atoms with Crippen LogP contribution in [-0.2, 0) is 9.59 Å². The lowest BCUT2D eigenvalue weighted by Crippen LogP contribution is -2.68. The Morgan fingerprint density at radius 3 is 2.29 bits per heavy atom. The second-order valence-electron chi connectivity index (χ2n) is 15.9. The zero-order chi connectivity index (χ0) is 29.6. The number of allylic oxidation sites excluding steroid dienone is 4. The molecule has 5 aliphatic carbocycles. The number of ketones is 2. The number of carbonyl (C=O) groups excluding carboxylic acids is 2. The van der Waals surface area contributed by atoms with Crippen LogP contribution in [0.5, 0.6) is 0 Å². The van der Waals surface area contributed by atoms with E-state index < -0.39 is 10.8 Å². The van der Waals surface area contributed by atoms with Crippen molar-refractivity contribution in [2.45, 2.75) is 104 Å². The number of carbonyl (C=O) groups is 2. The van der Waals surface area contributed by atoms with Gasteiger partial charge >= 0.3 is 0 Å². The molecule has 0 spiro atoms. The van der Waals surface area contributed by atoms with Crippen LogP contribution in [0.3, 0.4) is 0 Å². The first-order valence-electron chi connectivity index (χ1n) is 15.6. The van der Waals surface area contributed by atoms with Crippen LogP contribution in [0.4, 0.5) is 0 Å². The number of benzene rings is 1. The maximum Gasteiger partial charge on any atom is 0.178 e. The first kappa shape index (κ1) is 28.9. The summed E-state index contributed by atoms with van der Waals surface area (Å²) in [6, 6.07) is 12.8. The fourth-order valence-electron chi connectivity index (χ4n) is 10.5. The predicted octanol–water partition coefficient (Wildman–Crippen LogP) is 8.26. The fraction of sp³-hybridized carbons (Fsp3) is 0.639. The number of hydrogen-bond acceptors (Lipinski definition) is 5. The Labute approximate surface area is 250 Å². The molecule has 7 atom stereocenters. The third-order valence-electron chi connectivity index (χ3n) is 13.0. The molecule has 4 nitrogen and oxygen atoms in total. The van der Waals surface area contributed by atoms with Crippen LogP contribution in [0.25, 0.3) is 0 Å². The molecule has 2 unspecified atom stereocenters. The van der Waals surface area contributed by atoms with E-state index in [2.05, 4.69) is 75.7 Å². The van der Waals surface area contributed by atoms with Crippen LogP contribution in [0.2, 0.25) is 0 Å². The minimum Gasteiger partial charge on any atom is -0.295 e. The zero-order valence-corrected chi connectivity index (χ0v) is 26.7. The molecule has 6 rings (SSSR count). The van der Waals surface area contributed by atoms with Gasteiger partial charge in [0.05, 0.1) is 5.57 Å². The summed E-state index contributed by atoms with van der Waals surface area (Å²) in [4.78, 5) is 29.2. The highest BCUT2D eigenvalue weighted by molar-refractivity contribution is 7.97. The number of fused-ring (bicyclic) bond motifs is 7. The third kappa shape index (κ3) is 3.96. The van der Waals surface area contributed by atoms with Crippen molar-refractivity contribution in [1.82, 2.24) is 4.72 Å². The van der Waals surface area contributed by atoms with Crippen LogP contribution in [0.1, 0.15) is 93.4 Å². The van der Waals surface area contributed by atoms with Gasteiger partial charge < -0.3 is 0 Å². The summed E-state index contributed by atoms with van der Waals surface area (Å²) in [5, 5.41) is 9.95. The van der Waals surface area contributed by atoms with Crippen molar-refractivity contribution >= 4 is 23.5 Å². The van der Waals surface area contributed by atoms with Gasteiger partial charge in [0.1, 0.15) is 6.07 Å². The van der Waals surface area contributed by atoms with Crippen molar-refractivity contribution in [1.29, 1.82) is 5.26 Å². The van der Waals surface area contributed by atoms with Gasteiger partial charge in [-0.05, 0) is 103 Å². The largest absolute Gasteiger partial charge is 0.295 e. The molecule has 218 valence electrons. The van der Waals surface area contributed by atoms with E-state index in [0.717, 1.165) is 44.9 Å². The highest BCUT2D eigenvalue weighted by Crippen LogP contribution is 2.73. The van der Waals surface area contributed by atoms with E-state index in [1.165, 1.54) is 10.5 Å². The molecule has 1 aromatic carbocycles. The maximum absolute atomic E-state index is 14.6. The Hall–Kier alpha value is -2.16. The number of nitriles is 1. The standard InChI is InChI=1S/C36H46N2O2S/c1-31(2)15-17-36(38-41-24-11-9-8-10-12-24)18-16-35(7)29(25(36)21-31)26(39)19-28-33(5)20-23(22-37)30(40)32(3,4)27(33)13-14-34(28,35)6/h8-12,19-20,25,27,29,38H,13-18,21H2,1-7H3/t25?,27-,29?,33-,34+,35+,36-/m0/s1. The van der Waals surface area contributed by atoms with Crippen molar-refractivity contribution in [3.63, 3.8) is 0 Å². The van der Waals surface area contributed by atoms with Crippen molar-refractivity contribution in [3.05, 3.63) is 53.6 Å². The van der Waals surface area contributed by atoms with Gasteiger partial charge in [-0.1, -0.05) is 78.3 Å². The van der Waals surface area contributed by atoms with Crippen LogP contribution in [-0.4, -0.2) is 17.1 Å². The molecule has 3 saturated carbocycles. The van der Waals surface area contributed by atoms with Gasteiger partial charge in [0, 0.05) is 27.2 Å². The van der Waals surface area contributed by atoms with Crippen molar-refractivity contribution < 1.29 is 9.59 Å². The lowest BCUT2D eigenvalue weighted by Gasteiger charge is -2.69. The van der Waals surface area contributed by atoms with E-state index in [1.807, 2.05) is 26.0 Å². The van der Waals surface area contributed by atoms with Crippen LogP contribution < -0.4 is 4.72 Å². The minimum absolute atomic E-state index is 0.0493. The van der Waals surface area contributed by atoms with Crippen molar-refractivity contribution in [2.24, 2.45) is 44.8 Å². The third-order valence-corrected chi connectivity index (χ3v) is 14.0. The molecule has 3 fully saturated rings. The molecule has 0 aliphatic heterocycles. The first-order valence-corrected chi connectivity index (χ1v) is 16.4. The zero-order valence-electron chi connectivity index (χ0n) is 25.9. The monoisotopic (exact) mass is 570 g/mol. The molecule has 0 heterocycles. The average Bonchev–Trinajstić information content (AvgIpc) is 2.92. The van der Waals surface area contributed by atoms with E-state index in [4.69, 9.17) is 0 Å². The molecule has 1 aromatic rings. The van der Waals surface area contributed by atoms with Gasteiger partial charge in [0.2, 0.25) is 0 Å². The van der Waals surface area contributed by atoms with Crippen molar-refractivity contribution in [3.8, 4) is 6.07 Å². The molecule has 41 heavy (non-hydrogen) atoms. The fourth-order valence-corrected chi connectivity index (χ4v) is 11.4. The average molecular weight is 571 g/mol. The van der Waals surface area contributed by atoms with E-state index >= 15 is 0 Å². The highest BCUT2D eigenvalue weighted by atomic mass is 32.2. The number of nitrogens with one attached hydrogen (secondary N) is 1. The lowest BCUT2D eigenvalue weighted by molar-refractivity contribution is -0.159. The van der Waals surface area contributed by atoms with Crippen LogP contribution in [0, 0.1) is 56.2 Å². The van der Waals surface area contributed by atoms with Crippen LogP contribution >= 0.6 is 11.9 Å². The van der Waals surface area contributed by atoms with E-state index in [0.29, 0.717) is 0 Å². The number of rotatable bonds is 3. The summed E-state index contributed by atoms with van der Waals surface area (Å²) in [5.74, 6) is 0.496. The Morgan fingerprint density at radius 2 is 1.61 bits per heavy atom. The smallest absolute Gasteiger partial charge is 0.178 e. The topological polar surface area (TPSA) is 70.0 Å². The predicted molar refractivity (Wildman–Crippen MR) is 165 cm³/mol. The van der Waals surface area contributed by atoms with E-state index in [1.54, 1.807) is 11.9 Å². The van der Waals surface area contributed by atoms with E-state index in [9.17, 15) is 14.9 Å². The first-order chi connectivity index (χ1) is 19.1. The van der Waals surface area contributed by atoms with Gasteiger partial charge in [-0.25, -0.2) is 0 Å². The number of nitrogens with zero attached hydrogens (tertiary/aromatic N) is 1. The van der Waals surface area contributed by atoms with Gasteiger partial charge in [0.25, 0.3) is 0 Å². The Balaban J connectivity index is 1.46. The highest BCUT2D eigenvalue weighted by Gasteiger charge is 2.69. The summed E-state index contributed by atoms with van der Waals surface area (Å²) in [6.07, 6.45) is 11.2. The molecule has 0 radical (unpaired) electrons. The SMILES string of the molecule is CC1(C)CC[C@]2(NSc3ccccc3)CC[C@]3(C)C(C(=O)C=C4[C@@]5(C)C=C(C#N)C(=O)C(C)(C)[C@@H]5CC[C@]43C)C2C1. The molecule has 5 heteroatoms. The Bertz CT molecular complexity index is 1400. The Morgan fingerprint density at radius 1 is 0.927 bits per heavy atom. The second-order valence-corrected chi connectivity index (χ2v) is 16.8. The molecule has 0 saturated heterocycles. The number of hydrogen-bond donors (Lipinski definition) is 1. The summed E-state index contributed by atoms with van der Waals surface area (Å²) >= 11 is 1.73. The van der Waals surface area contributed by atoms with Crippen molar-refractivity contribution in [2.75, 3.05) is 0 Å². The molecular weight excluding hydrogens is 524 g/mol. The lowest BCUT2D eigenvalue weighted by atomic mass is 9.35. The molecule has 5 aliphatic rings. The van der Waals surface area contributed by atoms with E-state index in [-0.39, 0.29) is 56.7 Å². The van der Waals surface area contributed by atoms with Gasteiger partial charge in [0.15, 0.2) is 11.6 Å². The summed E-state index contributed by atoms with van der Waals surface area (Å²) < 4.78 is 3.99. The quantitative estimate of drug-likeness (QED) is 0.371. The molecule has 0 amide bonds. The maximum atomic E-state index is 14.6.